The minimum atomic E-state index is -0.0218. The van der Waals surface area contributed by atoms with Crippen LogP contribution in [0.15, 0.2) is 54.6 Å². The molecule has 152 valence electrons. The average molecular weight is 393 g/mol. The van der Waals surface area contributed by atoms with Crippen molar-refractivity contribution in [1.29, 1.82) is 0 Å². The standard InChI is InChI=1S/C23H27N3O3/c1-17-9-8-12-20(15-17)29-23-21(16-26(18(2)27)13-14-28-4)22(24-25(23)3)19-10-6-5-7-11-19/h5-12,15H,13-14,16H2,1-4H3. The maximum Gasteiger partial charge on any atom is 0.223 e. The van der Waals surface area contributed by atoms with Crippen molar-refractivity contribution in [3.63, 3.8) is 0 Å². The van der Waals surface area contributed by atoms with Crippen molar-refractivity contribution in [3.8, 4) is 22.9 Å². The molecule has 0 atom stereocenters. The van der Waals surface area contributed by atoms with E-state index in [0.29, 0.717) is 25.6 Å². The van der Waals surface area contributed by atoms with E-state index in [1.807, 2.05) is 68.6 Å². The number of aromatic nitrogens is 2. The summed E-state index contributed by atoms with van der Waals surface area (Å²) in [7, 11) is 3.48. The normalized spacial score (nSPS) is 10.8. The molecule has 0 fully saturated rings. The van der Waals surface area contributed by atoms with E-state index in [2.05, 4.69) is 0 Å². The number of rotatable bonds is 8. The van der Waals surface area contributed by atoms with Crippen LogP contribution in [0.3, 0.4) is 0 Å². The van der Waals surface area contributed by atoms with Crippen molar-refractivity contribution in [3.05, 3.63) is 65.7 Å². The van der Waals surface area contributed by atoms with Gasteiger partial charge in [0.2, 0.25) is 11.8 Å². The number of ether oxygens (including phenoxy) is 2. The number of methoxy groups -OCH3 is 1. The van der Waals surface area contributed by atoms with Crippen LogP contribution < -0.4 is 4.74 Å². The topological polar surface area (TPSA) is 56.6 Å². The van der Waals surface area contributed by atoms with Gasteiger partial charge in [-0.05, 0) is 24.6 Å². The zero-order valence-corrected chi connectivity index (χ0v) is 17.4. The number of aryl methyl sites for hydroxylation is 2. The lowest BCUT2D eigenvalue weighted by Crippen LogP contribution is -2.31. The lowest BCUT2D eigenvalue weighted by Gasteiger charge is -2.21. The SMILES string of the molecule is COCCN(Cc1c(-c2ccccc2)nn(C)c1Oc1cccc(C)c1)C(C)=O. The number of amides is 1. The summed E-state index contributed by atoms with van der Waals surface area (Å²) in [6.45, 7) is 4.94. The number of hydrogen-bond acceptors (Lipinski definition) is 4. The zero-order valence-electron chi connectivity index (χ0n) is 17.4. The van der Waals surface area contributed by atoms with Gasteiger partial charge in [0.15, 0.2) is 0 Å². The number of nitrogens with zero attached hydrogens (tertiary/aromatic N) is 3. The molecule has 3 rings (SSSR count). The average Bonchev–Trinajstić information content (AvgIpc) is 3.01. The molecule has 0 unspecified atom stereocenters. The first-order chi connectivity index (χ1) is 14.0. The highest BCUT2D eigenvalue weighted by molar-refractivity contribution is 5.74. The van der Waals surface area contributed by atoms with Crippen LogP contribution in [0.25, 0.3) is 11.3 Å². The Balaban J connectivity index is 2.04. The predicted octanol–water partition coefficient (Wildman–Crippen LogP) is 4.18. The van der Waals surface area contributed by atoms with Crippen LogP contribution in [0, 0.1) is 6.92 Å². The third kappa shape index (κ3) is 5.03. The quantitative estimate of drug-likeness (QED) is 0.576. The van der Waals surface area contributed by atoms with Crippen LogP contribution in [0.2, 0.25) is 0 Å². The van der Waals surface area contributed by atoms with Gasteiger partial charge in [0, 0.05) is 33.2 Å². The van der Waals surface area contributed by atoms with Gasteiger partial charge in [-0.15, -0.1) is 0 Å². The molecule has 2 aromatic carbocycles. The molecule has 0 aliphatic heterocycles. The molecule has 6 nitrogen and oxygen atoms in total. The molecular weight excluding hydrogens is 366 g/mol. The zero-order chi connectivity index (χ0) is 20.8. The van der Waals surface area contributed by atoms with Gasteiger partial charge < -0.3 is 14.4 Å². The first-order valence-corrected chi connectivity index (χ1v) is 9.60. The van der Waals surface area contributed by atoms with E-state index < -0.39 is 0 Å². The highest BCUT2D eigenvalue weighted by Gasteiger charge is 2.23. The third-order valence-corrected chi connectivity index (χ3v) is 4.70. The monoisotopic (exact) mass is 393 g/mol. The Kier molecular flexibility index (Phi) is 6.67. The Hall–Kier alpha value is -3.12. The Morgan fingerprint density at radius 2 is 1.90 bits per heavy atom. The second kappa shape index (κ2) is 9.39. The Morgan fingerprint density at radius 3 is 2.55 bits per heavy atom. The molecular formula is C23H27N3O3. The van der Waals surface area contributed by atoms with E-state index in [0.717, 1.165) is 28.1 Å². The summed E-state index contributed by atoms with van der Waals surface area (Å²) in [4.78, 5) is 14.0. The van der Waals surface area contributed by atoms with Crippen LogP contribution in [-0.4, -0.2) is 40.8 Å². The van der Waals surface area contributed by atoms with Crippen molar-refractivity contribution in [2.24, 2.45) is 7.05 Å². The first kappa shape index (κ1) is 20.6. The fraction of sp³-hybridized carbons (Fsp3) is 0.304. The predicted molar refractivity (Wildman–Crippen MR) is 113 cm³/mol. The molecule has 1 amide bonds. The van der Waals surface area contributed by atoms with Gasteiger partial charge >= 0.3 is 0 Å². The summed E-state index contributed by atoms with van der Waals surface area (Å²) in [5, 5.41) is 4.71. The summed E-state index contributed by atoms with van der Waals surface area (Å²) < 4.78 is 13.1. The van der Waals surface area contributed by atoms with Crippen molar-refractivity contribution in [2.45, 2.75) is 20.4 Å². The van der Waals surface area contributed by atoms with Crippen LogP contribution >= 0.6 is 0 Å². The first-order valence-electron chi connectivity index (χ1n) is 9.60. The van der Waals surface area contributed by atoms with E-state index in [-0.39, 0.29) is 5.91 Å². The van der Waals surface area contributed by atoms with Crippen LogP contribution in [-0.2, 0) is 23.1 Å². The molecule has 3 aromatic rings. The highest BCUT2D eigenvalue weighted by Crippen LogP contribution is 2.34. The Morgan fingerprint density at radius 1 is 1.14 bits per heavy atom. The lowest BCUT2D eigenvalue weighted by molar-refractivity contribution is -0.130. The van der Waals surface area contributed by atoms with Gasteiger partial charge in [-0.2, -0.15) is 5.10 Å². The molecule has 0 spiro atoms. The van der Waals surface area contributed by atoms with Crippen LogP contribution in [0.1, 0.15) is 18.1 Å². The molecule has 0 aliphatic rings. The van der Waals surface area contributed by atoms with Crippen molar-refractivity contribution >= 4 is 5.91 Å². The fourth-order valence-corrected chi connectivity index (χ4v) is 3.18. The van der Waals surface area contributed by atoms with E-state index in [9.17, 15) is 4.79 Å². The van der Waals surface area contributed by atoms with Crippen LogP contribution in [0.4, 0.5) is 0 Å². The molecule has 6 heteroatoms. The van der Waals surface area contributed by atoms with E-state index in [1.165, 1.54) is 0 Å². The fourth-order valence-electron chi connectivity index (χ4n) is 3.18. The maximum absolute atomic E-state index is 12.2. The molecule has 0 bridgehead atoms. The van der Waals surface area contributed by atoms with E-state index in [4.69, 9.17) is 14.6 Å². The van der Waals surface area contributed by atoms with Gasteiger partial charge in [-0.25, -0.2) is 4.68 Å². The van der Waals surface area contributed by atoms with E-state index in [1.54, 1.807) is 23.6 Å². The van der Waals surface area contributed by atoms with Crippen molar-refractivity contribution in [1.82, 2.24) is 14.7 Å². The Bertz CT molecular complexity index is 967. The second-order valence-electron chi connectivity index (χ2n) is 6.97. The van der Waals surface area contributed by atoms with Crippen LogP contribution in [0.5, 0.6) is 11.6 Å². The number of benzene rings is 2. The van der Waals surface area contributed by atoms with Gasteiger partial charge in [0.1, 0.15) is 11.4 Å². The largest absolute Gasteiger partial charge is 0.439 e. The third-order valence-electron chi connectivity index (χ3n) is 4.70. The van der Waals surface area contributed by atoms with Gasteiger partial charge in [0.25, 0.3) is 0 Å². The van der Waals surface area contributed by atoms with E-state index >= 15 is 0 Å². The molecule has 0 saturated carbocycles. The molecule has 0 N–H and O–H groups in total. The Labute approximate surface area is 171 Å². The summed E-state index contributed by atoms with van der Waals surface area (Å²) in [6.07, 6.45) is 0. The summed E-state index contributed by atoms with van der Waals surface area (Å²) >= 11 is 0. The van der Waals surface area contributed by atoms with Gasteiger partial charge in [-0.3, -0.25) is 4.79 Å². The van der Waals surface area contributed by atoms with Gasteiger partial charge in [0.05, 0.1) is 18.7 Å². The molecule has 29 heavy (non-hydrogen) atoms. The summed E-state index contributed by atoms with van der Waals surface area (Å²) in [5.41, 5.74) is 3.76. The highest BCUT2D eigenvalue weighted by atomic mass is 16.5. The molecule has 1 aromatic heterocycles. The molecule has 1 heterocycles. The van der Waals surface area contributed by atoms with Gasteiger partial charge in [-0.1, -0.05) is 42.5 Å². The molecule has 0 aliphatic carbocycles. The second-order valence-corrected chi connectivity index (χ2v) is 6.97. The lowest BCUT2D eigenvalue weighted by atomic mass is 10.1. The van der Waals surface area contributed by atoms with Crippen molar-refractivity contribution in [2.75, 3.05) is 20.3 Å². The summed E-state index contributed by atoms with van der Waals surface area (Å²) in [5.74, 6) is 1.34. The number of carbonyl (C=O) groups is 1. The minimum absolute atomic E-state index is 0.0218. The minimum Gasteiger partial charge on any atom is -0.439 e. The molecule has 0 saturated heterocycles. The smallest absolute Gasteiger partial charge is 0.223 e. The number of hydrogen-bond donors (Lipinski definition) is 0. The molecule has 0 radical (unpaired) electrons. The summed E-state index contributed by atoms with van der Waals surface area (Å²) in [6, 6.07) is 17.8. The van der Waals surface area contributed by atoms with Crippen molar-refractivity contribution < 1.29 is 14.3 Å². The number of carbonyl (C=O) groups excluding carboxylic acids is 1. The maximum atomic E-state index is 12.2.